The lowest BCUT2D eigenvalue weighted by molar-refractivity contribution is -0.991. The second kappa shape index (κ2) is 3.71. The molecule has 0 aliphatic carbocycles. The highest BCUT2D eigenvalue weighted by Gasteiger charge is 2.10. The summed E-state index contributed by atoms with van der Waals surface area (Å²) in [5.41, 5.74) is 0.272. The Bertz CT molecular complexity index is 298. The minimum Gasteiger partial charge on any atom is -0.595 e. The molecular formula is C8H11NO4. The van der Waals surface area contributed by atoms with E-state index in [0.717, 1.165) is 0 Å². The third-order valence-electron chi connectivity index (χ3n) is 1.73. The number of nitrogens with one attached hydrogen (secondary N) is 1. The van der Waals surface area contributed by atoms with E-state index in [1.54, 1.807) is 0 Å². The van der Waals surface area contributed by atoms with Crippen LogP contribution in [-0.2, 0) is 0 Å². The molecule has 2 atom stereocenters. The molecule has 0 fully saturated rings. The Labute approximate surface area is 75.0 Å². The van der Waals surface area contributed by atoms with E-state index in [1.807, 2.05) is 0 Å². The van der Waals surface area contributed by atoms with Gasteiger partial charge < -0.3 is 15.4 Å². The molecule has 1 aromatic carbocycles. The van der Waals surface area contributed by atoms with Crippen LogP contribution in [0.4, 0.5) is 5.69 Å². The SMILES string of the molecule is CC(O)c1ccc(O)c([NH+]([O-])O)c1. The van der Waals surface area contributed by atoms with Crippen molar-refractivity contribution in [3.63, 3.8) is 0 Å². The number of aliphatic hydroxyl groups excluding tert-OH is 1. The number of phenolic OH excluding ortho intramolecular Hbond substituents is 1. The highest BCUT2D eigenvalue weighted by molar-refractivity contribution is 5.47. The van der Waals surface area contributed by atoms with Crippen LogP contribution in [0.3, 0.4) is 0 Å². The van der Waals surface area contributed by atoms with Crippen LogP contribution in [0.25, 0.3) is 0 Å². The van der Waals surface area contributed by atoms with Gasteiger partial charge >= 0.3 is 0 Å². The molecule has 0 saturated heterocycles. The van der Waals surface area contributed by atoms with Crippen molar-refractivity contribution < 1.29 is 20.6 Å². The van der Waals surface area contributed by atoms with Gasteiger partial charge in [0, 0.05) is 6.07 Å². The molecule has 1 aromatic rings. The second-order valence-corrected chi connectivity index (χ2v) is 2.76. The Morgan fingerprint density at radius 3 is 2.54 bits per heavy atom. The van der Waals surface area contributed by atoms with Crippen LogP contribution in [0, 0.1) is 5.21 Å². The summed E-state index contributed by atoms with van der Waals surface area (Å²) < 4.78 is 0. The Kier molecular flexibility index (Phi) is 2.84. The Hall–Kier alpha value is -1.14. The molecule has 0 aromatic heterocycles. The number of phenols is 1. The van der Waals surface area contributed by atoms with E-state index in [-0.39, 0.29) is 11.4 Å². The van der Waals surface area contributed by atoms with Gasteiger partial charge in [-0.15, -0.1) is 0 Å². The first kappa shape index (κ1) is 9.94. The molecule has 13 heavy (non-hydrogen) atoms. The van der Waals surface area contributed by atoms with Gasteiger partial charge in [-0.05, 0) is 18.6 Å². The van der Waals surface area contributed by atoms with Crippen LogP contribution < -0.4 is 5.23 Å². The topological polar surface area (TPSA) is 88.2 Å². The van der Waals surface area contributed by atoms with E-state index in [4.69, 9.17) is 15.4 Å². The van der Waals surface area contributed by atoms with Gasteiger partial charge in [0.05, 0.1) is 6.10 Å². The summed E-state index contributed by atoms with van der Waals surface area (Å²) in [6, 6.07) is 3.99. The van der Waals surface area contributed by atoms with Gasteiger partial charge in [-0.25, -0.2) is 5.21 Å². The van der Waals surface area contributed by atoms with Crippen LogP contribution in [0.1, 0.15) is 18.6 Å². The molecule has 0 radical (unpaired) electrons. The first-order valence-electron chi connectivity index (χ1n) is 3.76. The van der Waals surface area contributed by atoms with Crippen molar-refractivity contribution in [1.29, 1.82) is 0 Å². The van der Waals surface area contributed by atoms with Crippen molar-refractivity contribution in [2.75, 3.05) is 0 Å². The molecule has 5 heteroatoms. The summed E-state index contributed by atoms with van der Waals surface area (Å²) in [6.45, 7) is 1.53. The molecule has 0 saturated carbocycles. The zero-order chi connectivity index (χ0) is 10.0. The normalized spacial score (nSPS) is 15.4. The van der Waals surface area contributed by atoms with Crippen LogP contribution in [0.15, 0.2) is 18.2 Å². The maximum absolute atomic E-state index is 10.6. The van der Waals surface area contributed by atoms with E-state index in [0.29, 0.717) is 5.56 Å². The first-order chi connectivity index (χ1) is 6.02. The van der Waals surface area contributed by atoms with Crippen molar-refractivity contribution in [2.24, 2.45) is 0 Å². The summed E-state index contributed by atoms with van der Waals surface area (Å²) in [5, 5.41) is 36.2. The molecule has 2 unspecified atom stereocenters. The van der Waals surface area contributed by atoms with Gasteiger partial charge in [-0.2, -0.15) is 5.23 Å². The van der Waals surface area contributed by atoms with Gasteiger partial charge in [0.2, 0.25) is 5.69 Å². The van der Waals surface area contributed by atoms with Crippen molar-refractivity contribution in [3.8, 4) is 5.75 Å². The molecule has 0 amide bonds. The summed E-state index contributed by atoms with van der Waals surface area (Å²) >= 11 is 0. The Balaban J connectivity index is 3.11. The van der Waals surface area contributed by atoms with E-state index in [9.17, 15) is 5.21 Å². The number of rotatable bonds is 2. The fourth-order valence-corrected chi connectivity index (χ4v) is 0.985. The van der Waals surface area contributed by atoms with Gasteiger partial charge in [-0.1, -0.05) is 6.07 Å². The third kappa shape index (κ3) is 2.16. The standard InChI is InChI=1S/C8H11NO4/c1-5(10)6-2-3-8(11)7(4-6)9(12)13/h2-5,9-12H,1H3. The number of hydrogen-bond acceptors (Lipinski definition) is 4. The maximum atomic E-state index is 10.6. The van der Waals surface area contributed by atoms with E-state index in [1.165, 1.54) is 25.1 Å². The zero-order valence-electron chi connectivity index (χ0n) is 7.06. The zero-order valence-corrected chi connectivity index (χ0v) is 7.06. The lowest BCUT2D eigenvalue weighted by Gasteiger charge is -2.14. The van der Waals surface area contributed by atoms with Crippen molar-refractivity contribution in [3.05, 3.63) is 29.0 Å². The lowest BCUT2D eigenvalue weighted by atomic mass is 10.1. The summed E-state index contributed by atoms with van der Waals surface area (Å²) in [5.74, 6) is -0.295. The second-order valence-electron chi connectivity index (χ2n) is 2.76. The molecule has 0 spiro atoms. The minimum atomic E-state index is -1.21. The van der Waals surface area contributed by atoms with Gasteiger partial charge in [0.15, 0.2) is 5.75 Å². The number of aliphatic hydroxyl groups is 1. The number of aromatic hydroxyl groups is 1. The van der Waals surface area contributed by atoms with E-state index in [2.05, 4.69) is 0 Å². The monoisotopic (exact) mass is 185 g/mol. The molecule has 4 N–H and O–H groups in total. The summed E-state index contributed by atoms with van der Waals surface area (Å²) in [6.07, 6.45) is -0.737. The van der Waals surface area contributed by atoms with Crippen LogP contribution >= 0.6 is 0 Å². The summed E-state index contributed by atoms with van der Waals surface area (Å²) in [4.78, 5) is 0. The molecule has 72 valence electrons. The highest BCUT2D eigenvalue weighted by atomic mass is 16.8. The molecule has 0 aliphatic heterocycles. The Morgan fingerprint density at radius 2 is 2.08 bits per heavy atom. The predicted molar refractivity (Wildman–Crippen MR) is 44.5 cm³/mol. The molecule has 0 aliphatic rings. The lowest BCUT2D eigenvalue weighted by Crippen LogP contribution is -2.99. The molecule has 0 bridgehead atoms. The fourth-order valence-electron chi connectivity index (χ4n) is 0.985. The largest absolute Gasteiger partial charge is 0.595 e. The average Bonchev–Trinajstić information content (AvgIpc) is 2.04. The van der Waals surface area contributed by atoms with E-state index >= 15 is 0 Å². The van der Waals surface area contributed by atoms with Gasteiger partial charge in [-0.3, -0.25) is 0 Å². The van der Waals surface area contributed by atoms with Crippen LogP contribution in [0.2, 0.25) is 0 Å². The summed E-state index contributed by atoms with van der Waals surface area (Å²) in [7, 11) is 0. The van der Waals surface area contributed by atoms with Crippen LogP contribution in [-0.4, -0.2) is 15.4 Å². The molecular weight excluding hydrogens is 174 g/mol. The Morgan fingerprint density at radius 1 is 1.46 bits per heavy atom. The third-order valence-corrected chi connectivity index (χ3v) is 1.73. The van der Waals surface area contributed by atoms with Crippen molar-refractivity contribution in [2.45, 2.75) is 13.0 Å². The smallest absolute Gasteiger partial charge is 0.206 e. The molecule has 0 heterocycles. The number of quaternary nitrogens is 1. The maximum Gasteiger partial charge on any atom is 0.206 e. The van der Waals surface area contributed by atoms with Crippen molar-refractivity contribution >= 4 is 5.69 Å². The fraction of sp³-hybridized carbons (Fsp3) is 0.250. The number of benzene rings is 1. The van der Waals surface area contributed by atoms with Crippen LogP contribution in [0.5, 0.6) is 5.75 Å². The highest BCUT2D eigenvalue weighted by Crippen LogP contribution is 2.23. The first-order valence-corrected chi connectivity index (χ1v) is 3.76. The number of hydrogen-bond donors (Lipinski definition) is 4. The molecule has 1 rings (SSSR count). The minimum absolute atomic E-state index is 0.196. The van der Waals surface area contributed by atoms with Crippen molar-refractivity contribution in [1.82, 2.24) is 0 Å². The van der Waals surface area contributed by atoms with Gasteiger partial charge in [0.1, 0.15) is 0 Å². The van der Waals surface area contributed by atoms with E-state index < -0.39 is 11.3 Å². The average molecular weight is 185 g/mol. The quantitative estimate of drug-likeness (QED) is 0.381. The predicted octanol–water partition coefficient (Wildman–Crippen LogP) is -0.151. The molecule has 5 nitrogen and oxygen atoms in total. The van der Waals surface area contributed by atoms with Gasteiger partial charge in [0.25, 0.3) is 0 Å².